The van der Waals surface area contributed by atoms with Gasteiger partial charge in [0.25, 0.3) is 0 Å². The van der Waals surface area contributed by atoms with E-state index in [1.807, 2.05) is 19.2 Å². The third-order valence-corrected chi connectivity index (χ3v) is 4.10. The first-order chi connectivity index (χ1) is 9.54. The standard InChI is InChI=1S/C15H23N3O2/c1-17-9-7-11(8-10-17)18(2)13-6-4-5-12(14(13)16)15(19)20-3/h4-6,11H,7-10,16H2,1-3H3. The van der Waals surface area contributed by atoms with Crippen molar-refractivity contribution in [1.29, 1.82) is 0 Å². The molecule has 0 bridgehead atoms. The normalized spacial score (nSPS) is 16.9. The molecule has 1 aromatic carbocycles. The lowest BCUT2D eigenvalue weighted by atomic mass is 10.0. The van der Waals surface area contributed by atoms with Crippen LogP contribution < -0.4 is 10.6 Å². The van der Waals surface area contributed by atoms with E-state index in [4.69, 9.17) is 10.5 Å². The fourth-order valence-corrected chi connectivity index (χ4v) is 2.73. The lowest BCUT2D eigenvalue weighted by molar-refractivity contribution is 0.0602. The Morgan fingerprint density at radius 1 is 1.40 bits per heavy atom. The van der Waals surface area contributed by atoms with Gasteiger partial charge in [-0.3, -0.25) is 0 Å². The number of carbonyl (C=O) groups is 1. The predicted octanol–water partition coefficient (Wildman–Crippen LogP) is 1.59. The minimum absolute atomic E-state index is 0.388. The van der Waals surface area contributed by atoms with Crippen molar-refractivity contribution in [3.05, 3.63) is 23.8 Å². The molecule has 0 atom stereocenters. The van der Waals surface area contributed by atoms with Crippen molar-refractivity contribution in [2.45, 2.75) is 18.9 Å². The summed E-state index contributed by atoms with van der Waals surface area (Å²) in [6, 6.07) is 5.97. The molecule has 20 heavy (non-hydrogen) atoms. The molecule has 0 spiro atoms. The molecule has 1 aliphatic rings. The highest BCUT2D eigenvalue weighted by atomic mass is 16.5. The number of carbonyl (C=O) groups excluding carboxylic acids is 1. The van der Waals surface area contributed by atoms with Gasteiger partial charge in [0.05, 0.1) is 24.0 Å². The van der Waals surface area contributed by atoms with Gasteiger partial charge in [-0.15, -0.1) is 0 Å². The smallest absolute Gasteiger partial charge is 0.340 e. The minimum atomic E-state index is -0.388. The van der Waals surface area contributed by atoms with Gasteiger partial charge in [0.1, 0.15) is 0 Å². The minimum Gasteiger partial charge on any atom is -0.465 e. The summed E-state index contributed by atoms with van der Waals surface area (Å²) in [7, 11) is 5.56. The quantitative estimate of drug-likeness (QED) is 0.671. The molecule has 1 aliphatic heterocycles. The van der Waals surface area contributed by atoms with Crippen LogP contribution in [0.2, 0.25) is 0 Å². The Kier molecular flexibility index (Phi) is 4.49. The molecule has 1 fully saturated rings. The van der Waals surface area contributed by atoms with Crippen LogP contribution in [0.5, 0.6) is 0 Å². The SMILES string of the molecule is COC(=O)c1cccc(N(C)C2CCN(C)CC2)c1N. The average Bonchev–Trinajstić information content (AvgIpc) is 2.47. The molecule has 1 heterocycles. The highest BCUT2D eigenvalue weighted by molar-refractivity contribution is 5.98. The number of ether oxygens (including phenoxy) is 1. The molecular weight excluding hydrogens is 254 g/mol. The van der Waals surface area contributed by atoms with Crippen molar-refractivity contribution >= 4 is 17.3 Å². The van der Waals surface area contributed by atoms with E-state index in [0.717, 1.165) is 31.6 Å². The summed E-state index contributed by atoms with van der Waals surface area (Å²) < 4.78 is 4.77. The maximum atomic E-state index is 11.7. The highest BCUT2D eigenvalue weighted by Gasteiger charge is 2.23. The number of nitrogen functional groups attached to an aromatic ring is 1. The number of nitrogens with two attached hydrogens (primary N) is 1. The molecule has 0 aliphatic carbocycles. The number of methoxy groups -OCH3 is 1. The molecule has 1 saturated heterocycles. The van der Waals surface area contributed by atoms with Crippen molar-refractivity contribution in [1.82, 2.24) is 4.90 Å². The number of hydrogen-bond acceptors (Lipinski definition) is 5. The van der Waals surface area contributed by atoms with E-state index >= 15 is 0 Å². The Bertz CT molecular complexity index is 482. The Labute approximate surface area is 120 Å². The van der Waals surface area contributed by atoms with Gasteiger partial charge in [-0.1, -0.05) is 6.07 Å². The summed E-state index contributed by atoms with van der Waals surface area (Å²) in [6.07, 6.45) is 2.21. The number of esters is 1. The van der Waals surface area contributed by atoms with Gasteiger partial charge in [0, 0.05) is 13.1 Å². The first kappa shape index (κ1) is 14.7. The van der Waals surface area contributed by atoms with Crippen LogP contribution in [0.4, 0.5) is 11.4 Å². The van der Waals surface area contributed by atoms with Crippen LogP contribution in [-0.4, -0.2) is 51.2 Å². The topological polar surface area (TPSA) is 58.8 Å². The summed E-state index contributed by atoms with van der Waals surface area (Å²) in [5.41, 5.74) is 7.98. The zero-order chi connectivity index (χ0) is 14.7. The van der Waals surface area contributed by atoms with Crippen LogP contribution in [0.15, 0.2) is 18.2 Å². The lowest BCUT2D eigenvalue weighted by Gasteiger charge is -2.37. The highest BCUT2D eigenvalue weighted by Crippen LogP contribution is 2.30. The number of likely N-dealkylation sites (tertiary alicyclic amines) is 1. The number of hydrogen-bond donors (Lipinski definition) is 1. The van der Waals surface area contributed by atoms with Crippen LogP contribution >= 0.6 is 0 Å². The average molecular weight is 277 g/mol. The first-order valence-electron chi connectivity index (χ1n) is 6.92. The molecule has 0 aromatic heterocycles. The van der Waals surface area contributed by atoms with E-state index in [9.17, 15) is 4.79 Å². The molecule has 2 N–H and O–H groups in total. The van der Waals surface area contributed by atoms with Gasteiger partial charge >= 0.3 is 5.97 Å². The van der Waals surface area contributed by atoms with Gasteiger partial charge in [-0.2, -0.15) is 0 Å². The fourth-order valence-electron chi connectivity index (χ4n) is 2.73. The van der Waals surface area contributed by atoms with Crippen LogP contribution in [-0.2, 0) is 4.74 Å². The van der Waals surface area contributed by atoms with Crippen LogP contribution in [0.25, 0.3) is 0 Å². The van der Waals surface area contributed by atoms with Gasteiger partial charge in [0.15, 0.2) is 0 Å². The fraction of sp³-hybridized carbons (Fsp3) is 0.533. The molecule has 0 saturated carbocycles. The number of anilines is 2. The molecule has 0 amide bonds. The van der Waals surface area contributed by atoms with Crippen LogP contribution in [0, 0.1) is 0 Å². The Hall–Kier alpha value is -1.75. The summed E-state index contributed by atoms with van der Waals surface area (Å²) >= 11 is 0. The van der Waals surface area contributed by atoms with Crippen molar-refractivity contribution in [2.24, 2.45) is 0 Å². The Morgan fingerprint density at radius 3 is 2.65 bits per heavy atom. The van der Waals surface area contributed by atoms with Crippen molar-refractivity contribution < 1.29 is 9.53 Å². The Morgan fingerprint density at radius 2 is 2.05 bits per heavy atom. The number of para-hydroxylation sites is 1. The largest absolute Gasteiger partial charge is 0.465 e. The van der Waals surface area contributed by atoms with E-state index in [-0.39, 0.29) is 5.97 Å². The van der Waals surface area contributed by atoms with Crippen LogP contribution in [0.3, 0.4) is 0 Å². The number of rotatable bonds is 3. The van der Waals surface area contributed by atoms with Gasteiger partial charge in [0.2, 0.25) is 0 Å². The van der Waals surface area contributed by atoms with Crippen molar-refractivity contribution in [3.63, 3.8) is 0 Å². The van der Waals surface area contributed by atoms with Gasteiger partial charge in [-0.05, 0) is 45.1 Å². The Balaban J connectivity index is 2.22. The molecular formula is C15H23N3O2. The van der Waals surface area contributed by atoms with Crippen LogP contribution in [0.1, 0.15) is 23.2 Å². The molecule has 2 rings (SSSR count). The van der Waals surface area contributed by atoms with E-state index in [0.29, 0.717) is 17.3 Å². The van der Waals surface area contributed by atoms with Gasteiger partial charge < -0.3 is 20.3 Å². The second kappa shape index (κ2) is 6.13. The summed E-state index contributed by atoms with van der Waals surface area (Å²) in [5, 5.41) is 0. The van der Waals surface area contributed by atoms with E-state index in [1.54, 1.807) is 6.07 Å². The number of nitrogens with zero attached hydrogens (tertiary/aromatic N) is 2. The summed E-state index contributed by atoms with van der Waals surface area (Å²) in [5.74, 6) is -0.388. The lowest BCUT2D eigenvalue weighted by Crippen LogP contribution is -2.42. The number of benzene rings is 1. The van der Waals surface area contributed by atoms with Crippen molar-refractivity contribution in [3.8, 4) is 0 Å². The third kappa shape index (κ3) is 2.88. The maximum Gasteiger partial charge on any atom is 0.340 e. The summed E-state index contributed by atoms with van der Waals surface area (Å²) in [4.78, 5) is 16.2. The number of piperidine rings is 1. The van der Waals surface area contributed by atoms with E-state index in [1.165, 1.54) is 7.11 Å². The second-order valence-electron chi connectivity index (χ2n) is 5.38. The molecule has 0 radical (unpaired) electrons. The van der Waals surface area contributed by atoms with Gasteiger partial charge in [-0.25, -0.2) is 4.79 Å². The molecule has 1 aromatic rings. The molecule has 110 valence electrons. The molecule has 0 unspecified atom stereocenters. The third-order valence-electron chi connectivity index (χ3n) is 4.10. The zero-order valence-electron chi connectivity index (χ0n) is 12.4. The molecule has 5 heteroatoms. The van der Waals surface area contributed by atoms with E-state index in [2.05, 4.69) is 16.8 Å². The maximum absolute atomic E-state index is 11.7. The first-order valence-corrected chi connectivity index (χ1v) is 6.92. The van der Waals surface area contributed by atoms with Crippen molar-refractivity contribution in [2.75, 3.05) is 44.9 Å². The predicted molar refractivity (Wildman–Crippen MR) is 81.1 cm³/mol. The molecule has 5 nitrogen and oxygen atoms in total. The summed E-state index contributed by atoms with van der Waals surface area (Å²) in [6.45, 7) is 2.18. The monoisotopic (exact) mass is 277 g/mol. The zero-order valence-corrected chi connectivity index (χ0v) is 12.4. The van der Waals surface area contributed by atoms with E-state index < -0.39 is 0 Å². The second-order valence-corrected chi connectivity index (χ2v) is 5.38.